The van der Waals surface area contributed by atoms with Gasteiger partial charge in [-0.3, -0.25) is 9.59 Å². The van der Waals surface area contributed by atoms with Crippen molar-refractivity contribution in [1.82, 2.24) is 9.13 Å². The van der Waals surface area contributed by atoms with E-state index in [0.717, 1.165) is 136 Å². The second-order valence-corrected chi connectivity index (χ2v) is 18.5. The summed E-state index contributed by atoms with van der Waals surface area (Å²) in [6.07, 6.45) is 19.6. The largest absolute Gasteiger partial charge is 0.493 e. The third-order valence-electron chi connectivity index (χ3n) is 13.4. The molecule has 0 aliphatic rings. The number of unbranched alkanes of at least 4 members (excludes halogenated alkanes) is 10. The number of nitrogens with zero attached hydrogens (tertiary/aromatic N) is 3. The summed E-state index contributed by atoms with van der Waals surface area (Å²) in [6.45, 7) is 8.46. The van der Waals surface area contributed by atoms with E-state index in [-0.39, 0.29) is 11.6 Å². The summed E-state index contributed by atoms with van der Waals surface area (Å²) in [5.41, 5.74) is 9.32. The van der Waals surface area contributed by atoms with Crippen molar-refractivity contribution in [3.8, 4) is 17.1 Å². The first-order valence-corrected chi connectivity index (χ1v) is 25.7. The normalized spacial score (nSPS) is 12.0. The van der Waals surface area contributed by atoms with E-state index in [1.807, 2.05) is 84.9 Å². The monoisotopic (exact) mass is 934 g/mol. The number of aromatic nitrogens is 2. The highest BCUT2D eigenvalue weighted by molar-refractivity contribution is 6.17. The summed E-state index contributed by atoms with van der Waals surface area (Å²) in [4.78, 5) is 45.2. The number of hydrogen-bond donors (Lipinski definition) is 0. The molecule has 2 heterocycles. The minimum absolute atomic E-state index is 0.0833. The van der Waals surface area contributed by atoms with Crippen LogP contribution < -0.4 is 4.74 Å². The van der Waals surface area contributed by atoms with Gasteiger partial charge in [0.15, 0.2) is 11.6 Å². The van der Waals surface area contributed by atoms with Gasteiger partial charge >= 0.3 is 5.97 Å². The van der Waals surface area contributed by atoms with Gasteiger partial charge in [0.05, 0.1) is 34.4 Å². The highest BCUT2D eigenvalue weighted by Crippen LogP contribution is 2.39. The van der Waals surface area contributed by atoms with Crippen molar-refractivity contribution in [1.29, 1.82) is 0 Å². The van der Waals surface area contributed by atoms with Crippen LogP contribution in [0.15, 0.2) is 145 Å². The smallest absolute Gasteiger partial charge is 0.331 e. The maximum absolute atomic E-state index is 14.5. The molecule has 8 heteroatoms. The number of carbonyl (C=O) groups excluding carboxylic acids is 3. The predicted molar refractivity (Wildman–Crippen MR) is 289 cm³/mol. The van der Waals surface area contributed by atoms with E-state index in [2.05, 4.69) is 89.7 Å². The summed E-state index contributed by atoms with van der Waals surface area (Å²) in [5, 5.41) is 8.30. The van der Waals surface area contributed by atoms with Gasteiger partial charge in [0, 0.05) is 63.0 Å². The molecule has 0 saturated carbocycles. The summed E-state index contributed by atoms with van der Waals surface area (Å²) in [5.74, 6) is 0.477. The maximum Gasteiger partial charge on any atom is 0.331 e. The fourth-order valence-electron chi connectivity index (χ4n) is 9.71. The van der Waals surface area contributed by atoms with E-state index in [0.29, 0.717) is 36.1 Å². The van der Waals surface area contributed by atoms with E-state index >= 15 is 0 Å². The summed E-state index contributed by atoms with van der Waals surface area (Å²) in [7, 11) is 0. The first kappa shape index (κ1) is 49.4. The molecule has 2 aromatic heterocycles. The number of oxime groups is 1. The average molecular weight is 934 g/mol. The second-order valence-electron chi connectivity index (χ2n) is 18.5. The Bertz CT molecular complexity index is 3150. The first-order valence-electron chi connectivity index (χ1n) is 25.7. The standard InChI is InChI=1S/C62H67N3O5/c1-5-8-11-13-14-15-17-18-24-54(63-70-44(4)66)45-29-35-49(36-30-45)64-56-39-33-47(59(67)27-19-16-12-9-6-2)42-52(56)53-43-48(34-40-57(53)64)62(68)46-31-37-50(38-32-46)65-55-25-21-20-23-51(55)61-58(65)26-22-28-60(61)69-41-10-7-3/h5,8,20-23,25-26,28-40,42-43H,6-7,9-19,24,27,41H2,1-4H3/b8-5-,63-54+. The zero-order valence-corrected chi connectivity index (χ0v) is 41.5. The number of Topliss-reactive ketones (excluding diaryl/α,β-unsaturated/α-hetero) is 1. The van der Waals surface area contributed by atoms with Gasteiger partial charge in [-0.2, -0.15) is 0 Å². The van der Waals surface area contributed by atoms with Crippen LogP contribution in [0.2, 0.25) is 0 Å². The lowest BCUT2D eigenvalue weighted by Crippen LogP contribution is -2.05. The van der Waals surface area contributed by atoms with Crippen LogP contribution in [0.1, 0.15) is 156 Å². The Morgan fingerprint density at radius 2 is 1.11 bits per heavy atom. The number of benzene rings is 6. The Balaban J connectivity index is 1.11. The summed E-state index contributed by atoms with van der Waals surface area (Å²) >= 11 is 0. The van der Waals surface area contributed by atoms with E-state index in [4.69, 9.17) is 9.57 Å². The van der Waals surface area contributed by atoms with Gasteiger partial charge in [-0.1, -0.05) is 119 Å². The molecule has 0 aliphatic heterocycles. The van der Waals surface area contributed by atoms with Crippen molar-refractivity contribution in [2.24, 2.45) is 5.16 Å². The summed E-state index contributed by atoms with van der Waals surface area (Å²) < 4.78 is 10.7. The van der Waals surface area contributed by atoms with Gasteiger partial charge in [-0.15, -0.1) is 0 Å². The van der Waals surface area contributed by atoms with Crippen LogP contribution in [0, 0.1) is 0 Å². The Morgan fingerprint density at radius 3 is 1.81 bits per heavy atom. The number of para-hydroxylation sites is 1. The van der Waals surface area contributed by atoms with Gasteiger partial charge < -0.3 is 18.7 Å². The molecule has 8 nitrogen and oxygen atoms in total. The SMILES string of the molecule is C/C=C\CCCCCCC/C(=N\OC(C)=O)c1ccc(-n2c3ccc(C(=O)CCCCCCC)cc3c3cc(C(=O)c4ccc(-n5c6ccccc6c6c(OCCCC)cccc65)cc4)ccc32)cc1. The number of ketones is 2. The highest BCUT2D eigenvalue weighted by Gasteiger charge is 2.20. The van der Waals surface area contributed by atoms with Gasteiger partial charge in [0.25, 0.3) is 0 Å². The number of rotatable bonds is 25. The van der Waals surface area contributed by atoms with E-state index in [1.54, 1.807) is 0 Å². The molecule has 0 amide bonds. The van der Waals surface area contributed by atoms with Crippen LogP contribution in [0.4, 0.5) is 0 Å². The quantitative estimate of drug-likeness (QED) is 0.0142. The Hall–Kier alpha value is -7.06. The molecule has 0 saturated heterocycles. The lowest BCUT2D eigenvalue weighted by Gasteiger charge is -2.11. The third-order valence-corrected chi connectivity index (χ3v) is 13.4. The molecule has 0 aliphatic carbocycles. The van der Waals surface area contributed by atoms with Crippen molar-refractivity contribution in [3.63, 3.8) is 0 Å². The van der Waals surface area contributed by atoms with Crippen LogP contribution >= 0.6 is 0 Å². The summed E-state index contributed by atoms with van der Waals surface area (Å²) in [6, 6.07) is 42.6. The first-order chi connectivity index (χ1) is 34.3. The molecule has 8 aromatic rings. The molecule has 360 valence electrons. The lowest BCUT2D eigenvalue weighted by atomic mass is 9.99. The van der Waals surface area contributed by atoms with Crippen LogP contribution in [-0.2, 0) is 9.63 Å². The number of fused-ring (bicyclic) bond motifs is 6. The molecular weight excluding hydrogens is 867 g/mol. The number of allylic oxidation sites excluding steroid dienone is 2. The molecule has 0 atom stereocenters. The molecule has 0 fully saturated rings. The van der Waals surface area contributed by atoms with E-state index in [9.17, 15) is 14.4 Å². The molecule has 0 radical (unpaired) electrons. The van der Waals surface area contributed by atoms with Gasteiger partial charge in [0.2, 0.25) is 0 Å². The van der Waals surface area contributed by atoms with Crippen molar-refractivity contribution in [2.75, 3.05) is 6.61 Å². The van der Waals surface area contributed by atoms with Crippen LogP contribution in [0.3, 0.4) is 0 Å². The topological polar surface area (TPSA) is 91.9 Å². The second kappa shape index (κ2) is 24.0. The number of carbonyl (C=O) groups is 3. The number of hydrogen-bond acceptors (Lipinski definition) is 6. The predicted octanol–water partition coefficient (Wildman–Crippen LogP) is 16.4. The van der Waals surface area contributed by atoms with Crippen LogP contribution in [-0.4, -0.2) is 39.0 Å². The van der Waals surface area contributed by atoms with Gasteiger partial charge in [-0.05, 0) is 142 Å². The Kier molecular flexibility index (Phi) is 16.9. The average Bonchev–Trinajstić information content (AvgIpc) is 3.90. The lowest BCUT2D eigenvalue weighted by molar-refractivity contribution is -0.140. The molecular formula is C62H67N3O5. The molecule has 0 bridgehead atoms. The van der Waals surface area contributed by atoms with E-state index < -0.39 is 5.97 Å². The van der Waals surface area contributed by atoms with Gasteiger partial charge in [-0.25, -0.2) is 4.79 Å². The molecule has 70 heavy (non-hydrogen) atoms. The highest BCUT2D eigenvalue weighted by atomic mass is 16.7. The van der Waals surface area contributed by atoms with Crippen molar-refractivity contribution >= 4 is 66.9 Å². The molecule has 0 spiro atoms. The van der Waals surface area contributed by atoms with Crippen LogP contribution in [0.5, 0.6) is 5.75 Å². The molecule has 0 N–H and O–H groups in total. The van der Waals surface area contributed by atoms with Crippen molar-refractivity contribution in [2.45, 2.75) is 124 Å². The number of ether oxygens (including phenoxy) is 1. The Labute approximate surface area is 413 Å². The fraction of sp³-hybridized carbons (Fsp3) is 0.323. The fourth-order valence-corrected chi connectivity index (χ4v) is 9.71. The van der Waals surface area contributed by atoms with Gasteiger partial charge in [0.1, 0.15) is 5.75 Å². The van der Waals surface area contributed by atoms with Crippen LogP contribution in [0.25, 0.3) is 55.0 Å². The minimum atomic E-state index is -0.450. The third kappa shape index (κ3) is 11.3. The minimum Gasteiger partial charge on any atom is -0.493 e. The molecule has 0 unspecified atom stereocenters. The Morgan fingerprint density at radius 1 is 0.543 bits per heavy atom. The zero-order chi connectivity index (χ0) is 48.8. The maximum atomic E-state index is 14.5. The molecule has 8 rings (SSSR count). The zero-order valence-electron chi connectivity index (χ0n) is 41.5. The molecule has 6 aromatic carbocycles. The van der Waals surface area contributed by atoms with Crippen molar-refractivity contribution in [3.05, 3.63) is 162 Å². The van der Waals surface area contributed by atoms with Crippen molar-refractivity contribution < 1.29 is 24.0 Å². The van der Waals surface area contributed by atoms with E-state index in [1.165, 1.54) is 26.2 Å².